The van der Waals surface area contributed by atoms with Crippen molar-refractivity contribution in [2.45, 2.75) is 32.1 Å². The van der Waals surface area contributed by atoms with Crippen molar-refractivity contribution in [2.75, 3.05) is 13.1 Å². The molecule has 0 bridgehead atoms. The molecule has 0 aromatic heterocycles. The van der Waals surface area contributed by atoms with E-state index >= 15 is 0 Å². The van der Waals surface area contributed by atoms with Crippen LogP contribution in [0.25, 0.3) is 0 Å². The van der Waals surface area contributed by atoms with E-state index in [-0.39, 0.29) is 5.92 Å². The van der Waals surface area contributed by atoms with Crippen LogP contribution in [-0.4, -0.2) is 28.9 Å². The molecule has 3 unspecified atom stereocenters. The Morgan fingerprint density at radius 3 is 2.90 bits per heavy atom. The van der Waals surface area contributed by atoms with Crippen LogP contribution in [0.3, 0.4) is 0 Å². The van der Waals surface area contributed by atoms with Gasteiger partial charge in [0.05, 0.1) is 4.99 Å². The smallest absolute Gasteiger partial charge is 0.226 e. The van der Waals surface area contributed by atoms with Crippen molar-refractivity contribution in [3.8, 4) is 0 Å². The van der Waals surface area contributed by atoms with E-state index in [0.29, 0.717) is 35.7 Å². The largest absolute Gasteiger partial charge is 0.393 e. The van der Waals surface area contributed by atoms with Crippen LogP contribution in [0.1, 0.15) is 36.8 Å². The number of nitrogens with two attached hydrogens (primary N) is 1. The number of carbonyl (C=O) groups is 1. The molecule has 0 aliphatic heterocycles. The maximum Gasteiger partial charge on any atom is 0.226 e. The summed E-state index contributed by atoms with van der Waals surface area (Å²) >= 11 is 4.92. The fourth-order valence-corrected chi connectivity index (χ4v) is 3.87. The SMILES string of the molecule is CCN(CCC(N)=S)C(=O)C1C2CCc3ccccc3C21. The summed E-state index contributed by atoms with van der Waals surface area (Å²) in [5.74, 6) is 1.47. The van der Waals surface area contributed by atoms with E-state index in [1.54, 1.807) is 0 Å². The van der Waals surface area contributed by atoms with Crippen molar-refractivity contribution < 1.29 is 4.79 Å². The predicted octanol–water partition coefficient (Wildman–Crippen LogP) is 2.49. The summed E-state index contributed by atoms with van der Waals surface area (Å²) in [5.41, 5.74) is 8.39. The highest BCUT2D eigenvalue weighted by Crippen LogP contribution is 2.60. The minimum atomic E-state index is 0.181. The Bertz CT molecular complexity index is 572. The van der Waals surface area contributed by atoms with E-state index in [2.05, 4.69) is 24.3 Å². The maximum absolute atomic E-state index is 12.8. The van der Waals surface area contributed by atoms with Gasteiger partial charge in [-0.2, -0.15) is 0 Å². The Morgan fingerprint density at radius 2 is 2.19 bits per heavy atom. The molecule has 0 saturated heterocycles. The molecular weight excluding hydrogens is 280 g/mol. The first kappa shape index (κ1) is 14.5. The van der Waals surface area contributed by atoms with Gasteiger partial charge in [0.2, 0.25) is 5.91 Å². The molecule has 1 saturated carbocycles. The monoisotopic (exact) mass is 302 g/mol. The van der Waals surface area contributed by atoms with Crippen LogP contribution in [-0.2, 0) is 11.2 Å². The average Bonchev–Trinajstić information content (AvgIpc) is 3.22. The lowest BCUT2D eigenvalue weighted by Crippen LogP contribution is -2.35. The summed E-state index contributed by atoms with van der Waals surface area (Å²) in [4.78, 5) is 15.2. The number of rotatable bonds is 5. The average molecular weight is 302 g/mol. The summed E-state index contributed by atoms with van der Waals surface area (Å²) in [7, 11) is 0. The molecule has 112 valence electrons. The Kier molecular flexibility index (Phi) is 3.98. The fraction of sp³-hybridized carbons (Fsp3) is 0.529. The number of hydrogen-bond acceptors (Lipinski definition) is 2. The number of aryl methyl sites for hydroxylation is 1. The van der Waals surface area contributed by atoms with Gasteiger partial charge in [-0.25, -0.2) is 0 Å². The van der Waals surface area contributed by atoms with Crippen molar-refractivity contribution in [3.63, 3.8) is 0 Å². The second-order valence-corrected chi connectivity index (χ2v) is 6.61. The Balaban J connectivity index is 1.72. The molecule has 0 radical (unpaired) electrons. The van der Waals surface area contributed by atoms with E-state index in [4.69, 9.17) is 18.0 Å². The summed E-state index contributed by atoms with van der Waals surface area (Å²) in [6.07, 6.45) is 2.87. The molecule has 0 spiro atoms. The topological polar surface area (TPSA) is 46.3 Å². The van der Waals surface area contributed by atoms with Gasteiger partial charge < -0.3 is 10.6 Å². The van der Waals surface area contributed by atoms with Gasteiger partial charge in [-0.1, -0.05) is 36.5 Å². The Hall–Kier alpha value is -1.42. The third-order valence-corrected chi connectivity index (χ3v) is 5.14. The number of fused-ring (bicyclic) bond motifs is 3. The molecule has 2 aliphatic carbocycles. The minimum Gasteiger partial charge on any atom is -0.393 e. The van der Waals surface area contributed by atoms with Gasteiger partial charge in [0, 0.05) is 25.4 Å². The highest BCUT2D eigenvalue weighted by Gasteiger charge is 2.57. The summed E-state index contributed by atoms with van der Waals surface area (Å²) < 4.78 is 0. The fourth-order valence-electron chi connectivity index (χ4n) is 3.78. The summed E-state index contributed by atoms with van der Waals surface area (Å²) in [5, 5.41) is 0. The van der Waals surface area contributed by atoms with Crippen molar-refractivity contribution in [1.29, 1.82) is 0 Å². The van der Waals surface area contributed by atoms with Crippen LogP contribution in [0.4, 0.5) is 0 Å². The molecule has 0 heterocycles. The van der Waals surface area contributed by atoms with E-state index < -0.39 is 0 Å². The first-order valence-corrected chi connectivity index (χ1v) is 8.19. The quantitative estimate of drug-likeness (QED) is 0.850. The minimum absolute atomic E-state index is 0.181. The number of benzene rings is 1. The molecule has 1 aromatic carbocycles. The molecule has 3 nitrogen and oxygen atoms in total. The summed E-state index contributed by atoms with van der Waals surface area (Å²) in [6, 6.07) is 8.59. The number of carbonyl (C=O) groups excluding carboxylic acids is 1. The van der Waals surface area contributed by atoms with Crippen molar-refractivity contribution >= 4 is 23.1 Å². The lowest BCUT2D eigenvalue weighted by molar-refractivity contribution is -0.132. The van der Waals surface area contributed by atoms with Crippen molar-refractivity contribution in [2.24, 2.45) is 17.6 Å². The van der Waals surface area contributed by atoms with Crippen LogP contribution in [0.2, 0.25) is 0 Å². The van der Waals surface area contributed by atoms with Crippen molar-refractivity contribution in [3.05, 3.63) is 35.4 Å². The van der Waals surface area contributed by atoms with Crippen molar-refractivity contribution in [1.82, 2.24) is 4.90 Å². The van der Waals surface area contributed by atoms with Crippen LogP contribution < -0.4 is 5.73 Å². The van der Waals surface area contributed by atoms with Crippen LogP contribution in [0.15, 0.2) is 24.3 Å². The second kappa shape index (κ2) is 5.76. The van der Waals surface area contributed by atoms with Gasteiger partial charge >= 0.3 is 0 Å². The van der Waals surface area contributed by atoms with Crippen LogP contribution in [0, 0.1) is 11.8 Å². The summed E-state index contributed by atoms with van der Waals surface area (Å²) in [6.45, 7) is 3.42. The molecule has 1 aromatic rings. The third-order valence-electron chi connectivity index (χ3n) is 4.94. The number of thiocarbonyl (C=S) groups is 1. The first-order chi connectivity index (χ1) is 10.1. The molecule has 2 N–H and O–H groups in total. The molecule has 4 heteroatoms. The Morgan fingerprint density at radius 1 is 1.43 bits per heavy atom. The predicted molar refractivity (Wildman–Crippen MR) is 88.1 cm³/mol. The van der Waals surface area contributed by atoms with Gasteiger partial charge in [0.25, 0.3) is 0 Å². The maximum atomic E-state index is 12.8. The van der Waals surface area contributed by atoms with Gasteiger partial charge in [-0.3, -0.25) is 4.79 Å². The molecular formula is C17H22N2OS. The van der Waals surface area contributed by atoms with Gasteiger partial charge in [0.1, 0.15) is 0 Å². The number of hydrogen-bond donors (Lipinski definition) is 1. The van der Waals surface area contributed by atoms with Crippen LogP contribution in [0.5, 0.6) is 0 Å². The molecule has 2 aliphatic rings. The van der Waals surface area contributed by atoms with Crippen LogP contribution >= 0.6 is 12.2 Å². The molecule has 3 rings (SSSR count). The zero-order valence-electron chi connectivity index (χ0n) is 12.4. The van der Waals surface area contributed by atoms with E-state index in [1.807, 2.05) is 11.8 Å². The zero-order chi connectivity index (χ0) is 15.0. The van der Waals surface area contributed by atoms with E-state index in [9.17, 15) is 4.79 Å². The molecule has 1 fully saturated rings. The molecule has 21 heavy (non-hydrogen) atoms. The first-order valence-electron chi connectivity index (χ1n) is 7.78. The van der Waals surface area contributed by atoms with Gasteiger partial charge in [-0.05, 0) is 42.7 Å². The van der Waals surface area contributed by atoms with Gasteiger partial charge in [-0.15, -0.1) is 0 Å². The zero-order valence-corrected chi connectivity index (χ0v) is 13.2. The van der Waals surface area contributed by atoms with E-state index in [1.165, 1.54) is 11.1 Å². The lowest BCUT2D eigenvalue weighted by Gasteiger charge is -2.21. The normalized spacial score (nSPS) is 25.7. The third kappa shape index (κ3) is 2.69. The lowest BCUT2D eigenvalue weighted by atomic mass is 9.92. The standard InChI is InChI=1S/C17H22N2OS/c1-2-19(10-9-14(18)21)17(20)16-13-8-7-11-5-3-4-6-12(11)15(13)16/h3-6,13,15-16H,2,7-10H2,1H3,(H2,18,21). The highest BCUT2D eigenvalue weighted by atomic mass is 32.1. The number of amides is 1. The Labute approximate surface area is 131 Å². The van der Waals surface area contributed by atoms with E-state index in [0.717, 1.165) is 19.4 Å². The molecule has 1 amide bonds. The molecule has 3 atom stereocenters. The highest BCUT2D eigenvalue weighted by molar-refractivity contribution is 7.80. The second-order valence-electron chi connectivity index (χ2n) is 6.09. The number of nitrogens with zero attached hydrogens (tertiary/aromatic N) is 1. The van der Waals surface area contributed by atoms with Gasteiger partial charge in [0.15, 0.2) is 0 Å².